The first-order chi connectivity index (χ1) is 13.4. The molecule has 2 aromatic rings. The van der Waals surface area contributed by atoms with Gasteiger partial charge in [-0.3, -0.25) is 4.79 Å². The van der Waals surface area contributed by atoms with Crippen LogP contribution in [0, 0.1) is 0 Å². The number of amides is 1. The average Bonchev–Trinajstić information content (AvgIpc) is 2.66. The summed E-state index contributed by atoms with van der Waals surface area (Å²) in [6.45, 7) is 0.721. The van der Waals surface area contributed by atoms with E-state index in [1.54, 1.807) is 37.3 Å². The van der Waals surface area contributed by atoms with Crippen molar-refractivity contribution in [1.29, 1.82) is 0 Å². The predicted octanol–water partition coefficient (Wildman–Crippen LogP) is 3.46. The molecule has 0 aliphatic heterocycles. The van der Waals surface area contributed by atoms with E-state index in [9.17, 15) is 18.4 Å². The zero-order chi connectivity index (χ0) is 20.5. The third-order valence-corrected chi connectivity index (χ3v) is 3.70. The van der Waals surface area contributed by atoms with Crippen molar-refractivity contribution in [3.63, 3.8) is 0 Å². The number of nitrogens with zero attached hydrogens (tertiary/aromatic N) is 1. The summed E-state index contributed by atoms with van der Waals surface area (Å²) in [6.07, 6.45) is -2.68. The molecule has 0 radical (unpaired) electrons. The number of carbonyl (C=O) groups is 2. The molecule has 0 aliphatic carbocycles. The lowest BCUT2D eigenvalue weighted by atomic mass is 10.1. The number of alkyl halides is 2. The fourth-order valence-corrected chi connectivity index (χ4v) is 2.54. The van der Waals surface area contributed by atoms with Gasteiger partial charge in [0.25, 0.3) is 12.3 Å². The van der Waals surface area contributed by atoms with E-state index in [0.29, 0.717) is 0 Å². The van der Waals surface area contributed by atoms with Crippen LogP contribution in [-0.4, -0.2) is 48.1 Å². The molecule has 2 aromatic carbocycles. The summed E-state index contributed by atoms with van der Waals surface area (Å²) in [7, 11) is 0. The smallest absolute Gasteiger partial charge is 0.341 e. The second-order valence-corrected chi connectivity index (χ2v) is 5.84. The van der Waals surface area contributed by atoms with Gasteiger partial charge in [0.2, 0.25) is 0 Å². The molecule has 0 heterocycles. The van der Waals surface area contributed by atoms with E-state index in [2.05, 4.69) is 0 Å². The fourth-order valence-electron chi connectivity index (χ4n) is 2.54. The Labute approximate surface area is 161 Å². The Hall–Kier alpha value is -3.16. The van der Waals surface area contributed by atoms with Crippen molar-refractivity contribution in [2.24, 2.45) is 0 Å². The second-order valence-electron chi connectivity index (χ2n) is 5.84. The minimum Gasteiger partial charge on any atom is -0.490 e. The van der Waals surface area contributed by atoms with E-state index >= 15 is 0 Å². The molecule has 0 aliphatic rings. The minimum atomic E-state index is -2.68. The van der Waals surface area contributed by atoms with Gasteiger partial charge in [-0.15, -0.1) is 0 Å². The lowest BCUT2D eigenvalue weighted by Gasteiger charge is -2.23. The molecule has 0 fully saturated rings. The Balaban J connectivity index is 2.26. The van der Waals surface area contributed by atoms with Gasteiger partial charge in [-0.25, -0.2) is 13.6 Å². The van der Waals surface area contributed by atoms with E-state index < -0.39 is 31.5 Å². The zero-order valence-electron chi connectivity index (χ0n) is 15.3. The Morgan fingerprint density at radius 3 is 2.39 bits per heavy atom. The lowest BCUT2D eigenvalue weighted by molar-refractivity contribution is -0.139. The van der Waals surface area contributed by atoms with Crippen molar-refractivity contribution >= 4 is 11.9 Å². The number of carboxylic acids is 1. The topological polar surface area (TPSA) is 76.1 Å². The Kier molecular flexibility index (Phi) is 7.74. The minimum absolute atomic E-state index is 0.0330. The SMILES string of the molecule is CCOc1cc(C(=O)N(Cc2ccccc2)CC(F)F)ccc1OCC(=O)O. The standard InChI is InChI=1S/C20H21F2NO5/c1-2-27-17-10-15(8-9-16(17)28-13-19(24)25)20(26)23(12-18(21)22)11-14-6-4-3-5-7-14/h3-10,18H,2,11-13H2,1H3,(H,24,25). The third-order valence-electron chi connectivity index (χ3n) is 3.70. The predicted molar refractivity (Wildman–Crippen MR) is 97.9 cm³/mol. The van der Waals surface area contributed by atoms with Gasteiger partial charge in [0, 0.05) is 12.1 Å². The Morgan fingerprint density at radius 1 is 1.07 bits per heavy atom. The number of halogens is 2. The summed E-state index contributed by atoms with van der Waals surface area (Å²) < 4.78 is 36.6. The molecule has 0 atom stereocenters. The molecule has 0 saturated heterocycles. The van der Waals surface area contributed by atoms with Gasteiger partial charge < -0.3 is 19.5 Å². The van der Waals surface area contributed by atoms with Crippen molar-refractivity contribution in [3.05, 3.63) is 59.7 Å². The third kappa shape index (κ3) is 6.22. The molecule has 8 heteroatoms. The number of ether oxygens (including phenoxy) is 2. The molecule has 28 heavy (non-hydrogen) atoms. The molecule has 0 saturated carbocycles. The van der Waals surface area contributed by atoms with Crippen LogP contribution in [0.25, 0.3) is 0 Å². The van der Waals surface area contributed by atoms with Crippen LogP contribution in [0.2, 0.25) is 0 Å². The van der Waals surface area contributed by atoms with E-state index in [1.165, 1.54) is 18.2 Å². The molecule has 150 valence electrons. The molecule has 1 N–H and O–H groups in total. The first-order valence-electron chi connectivity index (χ1n) is 8.63. The van der Waals surface area contributed by atoms with E-state index in [4.69, 9.17) is 14.6 Å². The van der Waals surface area contributed by atoms with Crippen LogP contribution in [0.1, 0.15) is 22.8 Å². The van der Waals surface area contributed by atoms with Gasteiger partial charge in [-0.1, -0.05) is 30.3 Å². The van der Waals surface area contributed by atoms with Crippen molar-refractivity contribution < 1.29 is 33.0 Å². The summed E-state index contributed by atoms with van der Waals surface area (Å²) in [5, 5.41) is 8.74. The molecule has 0 unspecified atom stereocenters. The summed E-state index contributed by atoms with van der Waals surface area (Å²) in [6, 6.07) is 13.0. The molecular weight excluding hydrogens is 372 g/mol. The van der Waals surface area contributed by atoms with E-state index in [1.807, 2.05) is 0 Å². The van der Waals surface area contributed by atoms with Crippen molar-refractivity contribution in [3.8, 4) is 11.5 Å². The van der Waals surface area contributed by atoms with Crippen LogP contribution in [-0.2, 0) is 11.3 Å². The molecule has 1 amide bonds. The highest BCUT2D eigenvalue weighted by molar-refractivity contribution is 5.95. The molecule has 2 rings (SSSR count). The quantitative estimate of drug-likeness (QED) is 0.669. The number of hydrogen-bond acceptors (Lipinski definition) is 4. The van der Waals surface area contributed by atoms with Crippen LogP contribution in [0.15, 0.2) is 48.5 Å². The maximum Gasteiger partial charge on any atom is 0.341 e. The fraction of sp³-hybridized carbons (Fsp3) is 0.300. The van der Waals surface area contributed by atoms with E-state index in [0.717, 1.165) is 10.5 Å². The number of aliphatic carboxylic acids is 1. The average molecular weight is 393 g/mol. The highest BCUT2D eigenvalue weighted by atomic mass is 19.3. The summed E-state index contributed by atoms with van der Waals surface area (Å²) in [5.74, 6) is -1.42. The van der Waals surface area contributed by atoms with Crippen LogP contribution >= 0.6 is 0 Å². The second kappa shape index (κ2) is 10.2. The zero-order valence-corrected chi connectivity index (χ0v) is 15.3. The van der Waals surface area contributed by atoms with Crippen molar-refractivity contribution in [1.82, 2.24) is 4.90 Å². The molecule has 0 aromatic heterocycles. The summed E-state index contributed by atoms with van der Waals surface area (Å²) in [5.41, 5.74) is 0.866. The lowest BCUT2D eigenvalue weighted by Crippen LogP contribution is -2.34. The molecule has 6 nitrogen and oxygen atoms in total. The van der Waals surface area contributed by atoms with Gasteiger partial charge in [0.1, 0.15) is 0 Å². The van der Waals surface area contributed by atoms with Crippen molar-refractivity contribution in [2.75, 3.05) is 19.8 Å². The first kappa shape index (κ1) is 21.1. The maximum absolute atomic E-state index is 13.0. The number of rotatable bonds is 10. The molecule has 0 spiro atoms. The van der Waals surface area contributed by atoms with Crippen LogP contribution in [0.3, 0.4) is 0 Å². The first-order valence-corrected chi connectivity index (χ1v) is 8.63. The normalized spacial score (nSPS) is 10.6. The number of hydrogen-bond donors (Lipinski definition) is 1. The monoisotopic (exact) mass is 393 g/mol. The molecule has 0 bridgehead atoms. The van der Waals surface area contributed by atoms with Crippen LogP contribution < -0.4 is 9.47 Å². The Bertz CT molecular complexity index is 798. The Morgan fingerprint density at radius 2 is 1.79 bits per heavy atom. The number of carbonyl (C=O) groups excluding carboxylic acids is 1. The van der Waals surface area contributed by atoms with Crippen LogP contribution in [0.5, 0.6) is 11.5 Å². The van der Waals surface area contributed by atoms with Gasteiger partial charge >= 0.3 is 5.97 Å². The van der Waals surface area contributed by atoms with Gasteiger partial charge in [-0.05, 0) is 30.7 Å². The highest BCUT2D eigenvalue weighted by Gasteiger charge is 2.22. The van der Waals surface area contributed by atoms with Gasteiger partial charge in [0.05, 0.1) is 13.2 Å². The van der Waals surface area contributed by atoms with Gasteiger partial charge in [-0.2, -0.15) is 0 Å². The summed E-state index contributed by atoms with van der Waals surface area (Å²) >= 11 is 0. The summed E-state index contributed by atoms with van der Waals surface area (Å²) in [4.78, 5) is 24.6. The van der Waals surface area contributed by atoms with E-state index in [-0.39, 0.29) is 30.2 Å². The highest BCUT2D eigenvalue weighted by Crippen LogP contribution is 2.29. The van der Waals surface area contributed by atoms with Crippen LogP contribution in [0.4, 0.5) is 8.78 Å². The van der Waals surface area contributed by atoms with Crippen molar-refractivity contribution in [2.45, 2.75) is 19.9 Å². The largest absolute Gasteiger partial charge is 0.490 e. The molecular formula is C20H21F2NO5. The maximum atomic E-state index is 13.0. The number of benzene rings is 2. The number of carboxylic acid groups (broad SMARTS) is 1. The van der Waals surface area contributed by atoms with Gasteiger partial charge in [0.15, 0.2) is 18.1 Å².